The molecule has 344 valence electrons. The lowest BCUT2D eigenvalue weighted by atomic mass is 10.0. The normalized spacial score (nSPS) is 13.0. The molecule has 0 spiro atoms. The Morgan fingerprint density at radius 3 is 1.31 bits per heavy atom. The molecule has 0 aromatic rings. The predicted octanol–water partition coefficient (Wildman–Crippen LogP) is 10.4. The number of hydrogen-bond acceptors (Lipinski definition) is 8. The van der Waals surface area contributed by atoms with E-state index in [1.807, 2.05) is 0 Å². The summed E-state index contributed by atoms with van der Waals surface area (Å²) >= 11 is 0. The lowest BCUT2D eigenvalue weighted by Crippen LogP contribution is -3.00. The van der Waals surface area contributed by atoms with Crippen LogP contribution >= 0.6 is 7.82 Å². The van der Waals surface area contributed by atoms with E-state index in [0.29, 0.717) is 13.0 Å². The second-order valence-electron chi connectivity index (χ2n) is 16.1. The number of carbonyl (C=O) groups is 2. The summed E-state index contributed by atoms with van der Waals surface area (Å²) in [5.41, 5.74) is 0. The summed E-state index contributed by atoms with van der Waals surface area (Å²) in [5.74, 6) is -0.754. The summed E-state index contributed by atoms with van der Waals surface area (Å²) in [6.45, 7) is 20.8. The van der Waals surface area contributed by atoms with Crippen LogP contribution in [0.1, 0.15) is 214 Å². The molecule has 10 nitrogen and oxygen atoms in total. The van der Waals surface area contributed by atoms with Gasteiger partial charge in [0.05, 0.1) is 26.2 Å². The minimum absolute atomic E-state index is 0. The van der Waals surface area contributed by atoms with Crippen molar-refractivity contribution in [3.05, 3.63) is 11.4 Å². The van der Waals surface area contributed by atoms with Crippen LogP contribution in [0.3, 0.4) is 0 Å². The molecule has 0 rings (SSSR count). The number of unbranched alkanes of at least 4 members (excludes halogenated alkanes) is 24. The Kier molecular flexibility index (Phi) is 43.1. The zero-order valence-electron chi connectivity index (χ0n) is 38.2. The molecule has 0 aliphatic carbocycles. The van der Waals surface area contributed by atoms with Gasteiger partial charge >= 0.3 is 19.8 Å². The number of halogens is 1. The van der Waals surface area contributed by atoms with Crippen LogP contribution in [-0.2, 0) is 37.2 Å². The molecule has 0 aliphatic heterocycles. The molecule has 0 bridgehead atoms. The Labute approximate surface area is 363 Å². The van der Waals surface area contributed by atoms with Crippen LogP contribution in [0.25, 0.3) is 4.85 Å². The number of esters is 2. The smallest absolute Gasteiger partial charge is 0.475 e. The van der Waals surface area contributed by atoms with E-state index in [2.05, 4.69) is 39.5 Å². The molecule has 58 heavy (non-hydrogen) atoms. The van der Waals surface area contributed by atoms with E-state index in [0.717, 1.165) is 62.6 Å². The molecular formula is C46H90ClN2O8P. The van der Waals surface area contributed by atoms with Crippen LogP contribution in [0, 0.1) is 6.57 Å². The Morgan fingerprint density at radius 2 is 0.914 bits per heavy atom. The first-order valence-electron chi connectivity index (χ1n) is 23.8. The zero-order valence-corrected chi connectivity index (χ0v) is 39.9. The Balaban J connectivity index is 0. The summed E-state index contributed by atoms with van der Waals surface area (Å²) in [7, 11) is -4.09. The maximum Gasteiger partial charge on any atom is 0.475 e. The average Bonchev–Trinajstić information content (AvgIpc) is 3.21. The van der Waals surface area contributed by atoms with E-state index in [4.69, 9.17) is 29.6 Å². The summed E-state index contributed by atoms with van der Waals surface area (Å²) in [6.07, 6.45) is 31.3. The highest BCUT2D eigenvalue weighted by Gasteiger charge is 2.32. The molecule has 0 fully saturated rings. The van der Waals surface area contributed by atoms with Crippen molar-refractivity contribution in [2.24, 2.45) is 0 Å². The standard InChI is InChI=1S/C46H90N2O8P.ClH/c1-7-12-14-16-18-20-22-24-26-28-30-32-34-36-45(49)52-42-44(56-46(50)37-35-33-31-29-27-25-23-21-19-17-15-13-8-2)43-55-57(51,53-40-38-47-6)54-41-39-48(9-3,10-4)11-5;/h44H,7-43H2,1-5H3;1H/q+1;/p-1. The number of carbonyl (C=O) groups excluding carboxylic acids is 2. The molecule has 2 atom stereocenters. The highest BCUT2D eigenvalue weighted by atomic mass is 35.5. The Hall–Kier alpha value is -1.21. The van der Waals surface area contributed by atoms with E-state index in [9.17, 15) is 14.2 Å². The number of nitrogens with zero attached hydrogens (tertiary/aromatic N) is 2. The molecule has 0 saturated heterocycles. The highest BCUT2D eigenvalue weighted by Crippen LogP contribution is 2.49. The quantitative estimate of drug-likeness (QED) is 0.0196. The number of likely N-dealkylation sites (N-methyl/N-ethyl adjacent to an activating group) is 1. The van der Waals surface area contributed by atoms with Gasteiger partial charge in [-0.2, -0.15) is 0 Å². The third-order valence-corrected chi connectivity index (χ3v) is 12.9. The fourth-order valence-electron chi connectivity index (χ4n) is 7.17. The second kappa shape index (κ2) is 42.5. The van der Waals surface area contributed by atoms with Crippen molar-refractivity contribution in [3.63, 3.8) is 0 Å². The lowest BCUT2D eigenvalue weighted by molar-refractivity contribution is -0.923. The van der Waals surface area contributed by atoms with Gasteiger partial charge in [0.25, 0.3) is 0 Å². The first-order valence-corrected chi connectivity index (χ1v) is 25.3. The van der Waals surface area contributed by atoms with E-state index < -0.39 is 19.9 Å². The molecule has 0 radical (unpaired) electrons. The van der Waals surface area contributed by atoms with Gasteiger partial charge in [0.2, 0.25) is 6.54 Å². The van der Waals surface area contributed by atoms with Crippen molar-refractivity contribution in [1.29, 1.82) is 0 Å². The van der Waals surface area contributed by atoms with Crippen LogP contribution in [0.2, 0.25) is 0 Å². The van der Waals surface area contributed by atoms with Gasteiger partial charge in [-0.1, -0.05) is 168 Å². The Bertz CT molecular complexity index is 1020. The number of ether oxygens (including phenoxy) is 2. The highest BCUT2D eigenvalue weighted by molar-refractivity contribution is 7.48. The third-order valence-electron chi connectivity index (χ3n) is 11.4. The molecular weight excluding hydrogens is 775 g/mol. The van der Waals surface area contributed by atoms with Gasteiger partial charge in [-0.05, 0) is 33.6 Å². The molecule has 0 aromatic heterocycles. The summed E-state index contributed by atoms with van der Waals surface area (Å²) < 4.78 is 42.7. The van der Waals surface area contributed by atoms with Gasteiger partial charge in [0, 0.05) is 12.8 Å². The van der Waals surface area contributed by atoms with Crippen molar-refractivity contribution in [2.75, 3.05) is 59.2 Å². The third kappa shape index (κ3) is 35.5. The average molecular weight is 866 g/mol. The monoisotopic (exact) mass is 865 g/mol. The number of rotatable bonds is 44. The number of phosphoric ester groups is 1. The van der Waals surface area contributed by atoms with Crippen molar-refractivity contribution in [1.82, 2.24) is 0 Å². The zero-order chi connectivity index (χ0) is 42.1. The topological polar surface area (TPSA) is 102 Å². The SMILES string of the molecule is [C-]#[N+]CCOP(=O)(OCC[N+](CC)(CC)CC)OCC(COC(=O)CCCCCCCCCCCCCCC)OC(=O)CCCCCCCCCCCCCCC.[Cl-]. The van der Waals surface area contributed by atoms with E-state index in [1.165, 1.54) is 128 Å². The maximum absolute atomic E-state index is 13.7. The van der Waals surface area contributed by atoms with Gasteiger partial charge in [-0.25, -0.2) is 11.1 Å². The van der Waals surface area contributed by atoms with Crippen molar-refractivity contribution < 1.29 is 54.1 Å². The van der Waals surface area contributed by atoms with E-state index >= 15 is 0 Å². The first kappa shape index (κ1) is 58.9. The molecule has 0 aromatic carbocycles. The number of quaternary nitrogens is 1. The molecule has 0 N–H and O–H groups in total. The Morgan fingerprint density at radius 1 is 0.534 bits per heavy atom. The van der Waals surface area contributed by atoms with Crippen molar-refractivity contribution in [3.8, 4) is 0 Å². The van der Waals surface area contributed by atoms with Crippen molar-refractivity contribution in [2.45, 2.75) is 221 Å². The summed E-state index contributed by atoms with van der Waals surface area (Å²) in [6, 6.07) is 0. The van der Waals surface area contributed by atoms with Gasteiger partial charge in [0.1, 0.15) is 26.4 Å². The molecule has 0 aliphatic rings. The summed E-state index contributed by atoms with van der Waals surface area (Å²) in [5, 5.41) is 0. The fraction of sp³-hybridized carbons (Fsp3) is 0.935. The molecule has 0 saturated carbocycles. The number of hydrogen-bond donors (Lipinski definition) is 0. The van der Waals surface area contributed by atoms with Gasteiger partial charge < -0.3 is 31.2 Å². The molecule has 0 heterocycles. The summed E-state index contributed by atoms with van der Waals surface area (Å²) in [4.78, 5) is 28.9. The van der Waals surface area contributed by atoms with Gasteiger partial charge in [-0.15, -0.1) is 0 Å². The molecule has 12 heteroatoms. The lowest BCUT2D eigenvalue weighted by Gasteiger charge is -2.35. The largest absolute Gasteiger partial charge is 1.00 e. The number of phosphoric acid groups is 1. The minimum Gasteiger partial charge on any atom is -1.00 e. The first-order chi connectivity index (χ1) is 27.7. The van der Waals surface area contributed by atoms with Crippen LogP contribution in [0.4, 0.5) is 0 Å². The van der Waals surface area contributed by atoms with Crippen molar-refractivity contribution >= 4 is 19.8 Å². The van der Waals surface area contributed by atoms with E-state index in [1.54, 1.807) is 0 Å². The van der Waals surface area contributed by atoms with Crippen LogP contribution in [0.15, 0.2) is 0 Å². The van der Waals surface area contributed by atoms with Crippen LogP contribution < -0.4 is 12.4 Å². The van der Waals surface area contributed by atoms with Crippen LogP contribution in [-0.4, -0.2) is 81.7 Å². The molecule has 2 unspecified atom stereocenters. The maximum atomic E-state index is 13.7. The van der Waals surface area contributed by atoms with Crippen LogP contribution in [0.5, 0.6) is 0 Å². The second-order valence-corrected chi connectivity index (χ2v) is 17.8. The van der Waals surface area contributed by atoms with E-state index in [-0.39, 0.29) is 57.8 Å². The molecule has 0 amide bonds. The van der Waals surface area contributed by atoms with Gasteiger partial charge in [-0.3, -0.25) is 23.2 Å². The van der Waals surface area contributed by atoms with Gasteiger partial charge in [0.15, 0.2) is 6.10 Å². The fourth-order valence-corrected chi connectivity index (χ4v) is 8.35. The minimum atomic E-state index is -4.09. The predicted molar refractivity (Wildman–Crippen MR) is 235 cm³/mol.